The first kappa shape index (κ1) is 18.1. The van der Waals surface area contributed by atoms with Crippen molar-refractivity contribution in [3.63, 3.8) is 0 Å². The topological polar surface area (TPSA) is 117 Å². The first-order valence-corrected chi connectivity index (χ1v) is 9.98. The van der Waals surface area contributed by atoms with Crippen LogP contribution in [0, 0.1) is 10.1 Å². The summed E-state index contributed by atoms with van der Waals surface area (Å²) in [5.74, 6) is 6.39. The van der Waals surface area contributed by atoms with Crippen LogP contribution in [-0.4, -0.2) is 19.6 Å². The maximum Gasteiger partial charge on any atom is 0.280 e. The van der Waals surface area contributed by atoms with Crippen LogP contribution in [-0.2, 0) is 5.75 Å². The number of nitrogens with two attached hydrogens (primary N) is 1. The van der Waals surface area contributed by atoms with E-state index in [-0.39, 0.29) is 11.2 Å². The summed E-state index contributed by atoms with van der Waals surface area (Å²) in [7, 11) is 0. The van der Waals surface area contributed by atoms with Gasteiger partial charge >= 0.3 is 0 Å². The summed E-state index contributed by atoms with van der Waals surface area (Å²) < 4.78 is 1.05. The molecule has 0 saturated carbocycles. The molecule has 0 fully saturated rings. The van der Waals surface area contributed by atoms with Crippen LogP contribution < -0.4 is 11.4 Å². The van der Waals surface area contributed by atoms with Crippen LogP contribution in [0.25, 0.3) is 21.5 Å². The lowest BCUT2D eigenvalue weighted by Crippen LogP contribution is -2.29. The van der Waals surface area contributed by atoms with E-state index in [4.69, 9.17) is 5.84 Å². The Bertz CT molecular complexity index is 1230. The van der Waals surface area contributed by atoms with Crippen LogP contribution in [0.2, 0.25) is 0 Å². The molecule has 2 aromatic carbocycles. The van der Waals surface area contributed by atoms with Crippen molar-refractivity contribution in [2.24, 2.45) is 0 Å². The molecule has 0 saturated heterocycles. The second-order valence-corrected chi connectivity index (χ2v) is 7.62. The van der Waals surface area contributed by atoms with E-state index in [2.05, 4.69) is 9.97 Å². The number of hydrogen-bond donors (Lipinski definition) is 1. The van der Waals surface area contributed by atoms with Gasteiger partial charge in [0.05, 0.1) is 21.5 Å². The monoisotopic (exact) mass is 411 g/mol. The summed E-state index contributed by atoms with van der Waals surface area (Å²) in [6.07, 6.45) is 0. The van der Waals surface area contributed by atoms with E-state index in [9.17, 15) is 14.9 Å². The zero-order valence-electron chi connectivity index (χ0n) is 14.3. The molecule has 0 aliphatic carbocycles. The first-order chi connectivity index (χ1) is 13.5. The fourth-order valence-electron chi connectivity index (χ4n) is 2.60. The van der Waals surface area contributed by atoms with Crippen molar-refractivity contribution in [3.8, 4) is 10.6 Å². The van der Waals surface area contributed by atoms with Gasteiger partial charge in [0, 0.05) is 28.8 Å². The molecule has 4 aromatic rings. The Kier molecular flexibility index (Phi) is 4.80. The van der Waals surface area contributed by atoms with Crippen molar-refractivity contribution in [2.45, 2.75) is 10.9 Å². The van der Waals surface area contributed by atoms with Gasteiger partial charge in [0.15, 0.2) is 5.16 Å². The van der Waals surface area contributed by atoms with Gasteiger partial charge in [-0.25, -0.2) is 14.6 Å². The maximum absolute atomic E-state index is 12.3. The number of nitrogen functional groups attached to an aromatic ring is 1. The van der Waals surface area contributed by atoms with E-state index in [0.29, 0.717) is 21.8 Å². The molecule has 0 aliphatic rings. The number of benzene rings is 2. The van der Waals surface area contributed by atoms with Crippen LogP contribution in [0.5, 0.6) is 0 Å². The third kappa shape index (κ3) is 3.47. The molecule has 28 heavy (non-hydrogen) atoms. The van der Waals surface area contributed by atoms with Crippen molar-refractivity contribution in [3.05, 3.63) is 80.1 Å². The lowest BCUT2D eigenvalue weighted by atomic mass is 10.2. The largest absolute Gasteiger partial charge is 0.334 e. The third-order valence-electron chi connectivity index (χ3n) is 4.00. The Hall–Kier alpha value is -3.24. The fraction of sp³-hybridized carbons (Fsp3) is 0.0556. The molecule has 4 rings (SSSR count). The maximum atomic E-state index is 12.3. The van der Waals surface area contributed by atoms with Crippen LogP contribution in [0.15, 0.2) is 63.9 Å². The molecule has 0 bridgehead atoms. The number of fused-ring (bicyclic) bond motifs is 1. The average Bonchev–Trinajstić information content (AvgIpc) is 3.19. The van der Waals surface area contributed by atoms with Crippen molar-refractivity contribution in [1.29, 1.82) is 0 Å². The number of rotatable bonds is 5. The number of nitrogens with zero attached hydrogens (tertiary/aromatic N) is 4. The second-order valence-electron chi connectivity index (χ2n) is 5.82. The number of non-ortho nitro benzene ring substituents is 1. The zero-order chi connectivity index (χ0) is 19.7. The van der Waals surface area contributed by atoms with Crippen molar-refractivity contribution < 1.29 is 4.92 Å². The minimum Gasteiger partial charge on any atom is -0.334 e. The highest BCUT2D eigenvalue weighted by atomic mass is 32.2. The van der Waals surface area contributed by atoms with E-state index in [1.165, 1.54) is 35.2 Å². The van der Waals surface area contributed by atoms with Crippen molar-refractivity contribution in [1.82, 2.24) is 14.6 Å². The fourth-order valence-corrected chi connectivity index (χ4v) is 4.34. The molecule has 0 radical (unpaired) electrons. The molecule has 2 heterocycles. The molecule has 0 unspecified atom stereocenters. The number of hydrogen-bond acceptors (Lipinski definition) is 8. The van der Waals surface area contributed by atoms with Gasteiger partial charge in [-0.1, -0.05) is 23.9 Å². The molecular formula is C18H13N5O3S2. The number of nitro groups is 1. The SMILES string of the molecule is Nn1c(SCc2csc(-c3ccc([N+](=O)[O-])cc3)n2)nc2ccccc2c1=O. The third-order valence-corrected chi connectivity index (χ3v) is 5.93. The number of thioether (sulfide) groups is 1. The number of nitro benzene ring substituents is 1. The van der Waals surface area contributed by atoms with Crippen molar-refractivity contribution >= 4 is 39.7 Å². The molecule has 0 spiro atoms. The van der Waals surface area contributed by atoms with Gasteiger partial charge < -0.3 is 5.84 Å². The van der Waals surface area contributed by atoms with Gasteiger partial charge in [0.25, 0.3) is 11.2 Å². The number of aromatic nitrogens is 3. The summed E-state index contributed by atoms with van der Waals surface area (Å²) in [4.78, 5) is 31.7. The smallest absolute Gasteiger partial charge is 0.280 e. The number of para-hydroxylation sites is 1. The molecule has 10 heteroatoms. The van der Waals surface area contributed by atoms with Gasteiger partial charge in [0.2, 0.25) is 0 Å². The van der Waals surface area contributed by atoms with E-state index < -0.39 is 4.92 Å². The summed E-state index contributed by atoms with van der Waals surface area (Å²) in [5.41, 5.74) is 1.97. The van der Waals surface area contributed by atoms with Gasteiger partial charge in [-0.2, -0.15) is 0 Å². The Balaban J connectivity index is 1.54. The average molecular weight is 411 g/mol. The van der Waals surface area contributed by atoms with Crippen LogP contribution in [0.3, 0.4) is 0 Å². The highest BCUT2D eigenvalue weighted by Gasteiger charge is 2.12. The Morgan fingerprint density at radius 1 is 1.14 bits per heavy atom. The highest BCUT2D eigenvalue weighted by Crippen LogP contribution is 2.28. The minimum absolute atomic E-state index is 0.0411. The van der Waals surface area contributed by atoms with E-state index in [0.717, 1.165) is 20.9 Å². The standard InChI is InChI=1S/C18H13N5O3S2/c19-22-17(24)14-3-1-2-4-15(14)21-18(22)28-10-12-9-27-16(20-12)11-5-7-13(8-6-11)23(25)26/h1-9H,10,19H2. The number of thiazole rings is 1. The molecule has 0 atom stereocenters. The molecule has 0 amide bonds. The quantitative estimate of drug-likeness (QED) is 0.176. The normalized spacial score (nSPS) is 11.0. The minimum atomic E-state index is -0.434. The van der Waals surface area contributed by atoms with Crippen LogP contribution in [0.4, 0.5) is 5.69 Å². The zero-order valence-corrected chi connectivity index (χ0v) is 15.9. The molecule has 0 aliphatic heterocycles. The van der Waals surface area contributed by atoms with Crippen LogP contribution in [0.1, 0.15) is 5.69 Å². The summed E-state index contributed by atoms with van der Waals surface area (Å²) >= 11 is 2.77. The lowest BCUT2D eigenvalue weighted by Gasteiger charge is -2.07. The molecular weight excluding hydrogens is 398 g/mol. The summed E-state index contributed by atoms with van der Waals surface area (Å²) in [6.45, 7) is 0. The molecule has 2 N–H and O–H groups in total. The predicted molar refractivity (Wildman–Crippen MR) is 110 cm³/mol. The van der Waals surface area contributed by atoms with E-state index >= 15 is 0 Å². The van der Waals surface area contributed by atoms with E-state index in [1.807, 2.05) is 11.4 Å². The lowest BCUT2D eigenvalue weighted by molar-refractivity contribution is -0.384. The highest BCUT2D eigenvalue weighted by molar-refractivity contribution is 7.98. The van der Waals surface area contributed by atoms with Gasteiger partial charge in [0.1, 0.15) is 5.01 Å². The Morgan fingerprint density at radius 2 is 1.89 bits per heavy atom. The summed E-state index contributed by atoms with van der Waals surface area (Å²) in [6, 6.07) is 13.3. The summed E-state index contributed by atoms with van der Waals surface area (Å²) in [5, 5.41) is 14.3. The molecule has 140 valence electrons. The second kappa shape index (κ2) is 7.41. The van der Waals surface area contributed by atoms with Crippen molar-refractivity contribution in [2.75, 3.05) is 5.84 Å². The van der Waals surface area contributed by atoms with Gasteiger partial charge in [-0.15, -0.1) is 11.3 Å². The van der Waals surface area contributed by atoms with E-state index in [1.54, 1.807) is 30.3 Å². The molecule has 2 aromatic heterocycles. The Labute approximate surface area is 166 Å². The molecule has 8 nitrogen and oxygen atoms in total. The van der Waals surface area contributed by atoms with Gasteiger partial charge in [-0.05, 0) is 24.3 Å². The Morgan fingerprint density at radius 3 is 2.64 bits per heavy atom. The van der Waals surface area contributed by atoms with Gasteiger partial charge in [-0.3, -0.25) is 14.9 Å². The van der Waals surface area contributed by atoms with Crippen LogP contribution >= 0.6 is 23.1 Å². The predicted octanol–water partition coefficient (Wildman–Crippen LogP) is 3.43. The first-order valence-electron chi connectivity index (χ1n) is 8.12.